The van der Waals surface area contributed by atoms with Crippen LogP contribution in [0.5, 0.6) is 0 Å². The maximum Gasteiger partial charge on any atom is 0.275 e. The molecule has 5 nitrogen and oxygen atoms in total. The first-order valence-electron chi connectivity index (χ1n) is 8.75. The standard InChI is InChI=1S/C22H21FN4O/c1-5-18(23)11-16-6-9-20(25-15(16)3)17-7-8-19(14(2)10-17)26-22(28)21-12-27(4)13-24-21/h5-13H,1H2,2-4H3,(H,26,28)/b18-11+. The first kappa shape index (κ1) is 19.2. The van der Waals surface area contributed by atoms with Crippen LogP contribution in [0.3, 0.4) is 0 Å². The number of hydrogen-bond acceptors (Lipinski definition) is 3. The minimum atomic E-state index is -0.401. The summed E-state index contributed by atoms with van der Waals surface area (Å²) in [6.07, 6.45) is 5.81. The number of nitrogens with zero attached hydrogens (tertiary/aromatic N) is 3. The number of carbonyl (C=O) groups is 1. The van der Waals surface area contributed by atoms with Crippen LogP contribution in [0.1, 0.15) is 27.3 Å². The van der Waals surface area contributed by atoms with Crippen molar-refractivity contribution >= 4 is 17.7 Å². The number of benzene rings is 1. The van der Waals surface area contributed by atoms with Crippen LogP contribution < -0.4 is 5.32 Å². The number of aromatic nitrogens is 3. The molecule has 2 aromatic heterocycles. The monoisotopic (exact) mass is 376 g/mol. The molecule has 0 aliphatic rings. The zero-order valence-electron chi connectivity index (χ0n) is 16.0. The Hall–Kier alpha value is -3.54. The van der Waals surface area contributed by atoms with Crippen molar-refractivity contribution in [1.29, 1.82) is 0 Å². The molecule has 0 fully saturated rings. The highest BCUT2D eigenvalue weighted by Crippen LogP contribution is 2.25. The maximum absolute atomic E-state index is 13.4. The molecule has 0 unspecified atom stereocenters. The predicted octanol–water partition coefficient (Wildman–Crippen LogP) is 4.85. The predicted molar refractivity (Wildman–Crippen MR) is 110 cm³/mol. The molecule has 0 aliphatic heterocycles. The van der Waals surface area contributed by atoms with Gasteiger partial charge in [-0.2, -0.15) is 0 Å². The summed E-state index contributed by atoms with van der Waals surface area (Å²) in [5, 5.41) is 2.87. The number of amides is 1. The molecule has 0 saturated carbocycles. The zero-order valence-corrected chi connectivity index (χ0v) is 16.0. The summed E-state index contributed by atoms with van der Waals surface area (Å²) in [6.45, 7) is 7.16. The Morgan fingerprint density at radius 2 is 2.04 bits per heavy atom. The molecule has 2 heterocycles. The highest BCUT2D eigenvalue weighted by molar-refractivity contribution is 6.03. The SMILES string of the molecule is C=C/C(F)=C\c1ccc(-c2ccc(NC(=O)c3cn(C)cn3)c(C)c2)nc1C. The Balaban J connectivity index is 1.83. The zero-order chi connectivity index (χ0) is 20.3. The average Bonchev–Trinajstić information content (AvgIpc) is 3.11. The highest BCUT2D eigenvalue weighted by Gasteiger charge is 2.11. The Kier molecular flexibility index (Phi) is 5.49. The van der Waals surface area contributed by atoms with Gasteiger partial charge in [-0.3, -0.25) is 9.78 Å². The number of rotatable bonds is 5. The van der Waals surface area contributed by atoms with E-state index in [0.29, 0.717) is 16.9 Å². The lowest BCUT2D eigenvalue weighted by atomic mass is 10.0. The van der Waals surface area contributed by atoms with E-state index >= 15 is 0 Å². The van der Waals surface area contributed by atoms with E-state index in [1.807, 2.05) is 51.2 Å². The smallest absolute Gasteiger partial charge is 0.275 e. The second kappa shape index (κ2) is 8.00. The molecular weight excluding hydrogens is 355 g/mol. The number of carbonyl (C=O) groups excluding carboxylic acids is 1. The molecule has 142 valence electrons. The summed E-state index contributed by atoms with van der Waals surface area (Å²) in [7, 11) is 1.81. The Morgan fingerprint density at radius 1 is 1.25 bits per heavy atom. The molecule has 3 rings (SSSR count). The maximum atomic E-state index is 13.4. The molecule has 1 N–H and O–H groups in total. The normalized spacial score (nSPS) is 11.4. The summed E-state index contributed by atoms with van der Waals surface area (Å²) >= 11 is 0. The molecule has 3 aromatic rings. The van der Waals surface area contributed by atoms with E-state index < -0.39 is 5.83 Å². The first-order chi connectivity index (χ1) is 13.4. The fraction of sp³-hybridized carbons (Fsp3) is 0.136. The van der Waals surface area contributed by atoms with Gasteiger partial charge in [0.05, 0.1) is 12.0 Å². The van der Waals surface area contributed by atoms with E-state index in [9.17, 15) is 9.18 Å². The molecule has 1 aromatic carbocycles. The van der Waals surface area contributed by atoms with E-state index in [1.165, 1.54) is 6.08 Å². The van der Waals surface area contributed by atoms with E-state index in [0.717, 1.165) is 28.6 Å². The van der Waals surface area contributed by atoms with Gasteiger partial charge in [0.25, 0.3) is 5.91 Å². The van der Waals surface area contributed by atoms with Crippen LogP contribution in [0.2, 0.25) is 0 Å². The van der Waals surface area contributed by atoms with Crippen LogP contribution in [0.4, 0.5) is 10.1 Å². The van der Waals surface area contributed by atoms with Crippen LogP contribution in [0.25, 0.3) is 17.3 Å². The van der Waals surface area contributed by atoms with Gasteiger partial charge in [0.1, 0.15) is 11.5 Å². The van der Waals surface area contributed by atoms with Crippen molar-refractivity contribution in [3.8, 4) is 11.3 Å². The minimum Gasteiger partial charge on any atom is -0.340 e. The highest BCUT2D eigenvalue weighted by atomic mass is 19.1. The van der Waals surface area contributed by atoms with Crippen molar-refractivity contribution in [3.05, 3.63) is 83.9 Å². The molecule has 0 atom stereocenters. The van der Waals surface area contributed by atoms with Crippen molar-refractivity contribution in [1.82, 2.24) is 14.5 Å². The van der Waals surface area contributed by atoms with Crippen molar-refractivity contribution in [2.24, 2.45) is 7.05 Å². The molecule has 0 spiro atoms. The van der Waals surface area contributed by atoms with Gasteiger partial charge in [0.2, 0.25) is 0 Å². The lowest BCUT2D eigenvalue weighted by Gasteiger charge is -2.10. The van der Waals surface area contributed by atoms with Crippen LogP contribution in [-0.2, 0) is 7.05 Å². The van der Waals surface area contributed by atoms with E-state index in [1.54, 1.807) is 17.1 Å². The fourth-order valence-electron chi connectivity index (χ4n) is 2.77. The molecule has 0 bridgehead atoms. The summed E-state index contributed by atoms with van der Waals surface area (Å²) < 4.78 is 15.1. The van der Waals surface area contributed by atoms with Gasteiger partial charge in [0.15, 0.2) is 0 Å². The Labute approximate surface area is 163 Å². The number of anilines is 1. The van der Waals surface area contributed by atoms with Crippen molar-refractivity contribution in [3.63, 3.8) is 0 Å². The summed E-state index contributed by atoms with van der Waals surface area (Å²) in [6, 6.07) is 9.36. The number of halogens is 1. The van der Waals surface area contributed by atoms with Crippen molar-refractivity contribution < 1.29 is 9.18 Å². The quantitative estimate of drug-likeness (QED) is 0.648. The van der Waals surface area contributed by atoms with Crippen molar-refractivity contribution in [2.75, 3.05) is 5.32 Å². The van der Waals surface area contributed by atoms with Gasteiger partial charge >= 0.3 is 0 Å². The van der Waals surface area contributed by atoms with E-state index in [-0.39, 0.29) is 5.91 Å². The van der Waals surface area contributed by atoms with Gasteiger partial charge in [0, 0.05) is 30.2 Å². The Morgan fingerprint density at radius 3 is 2.64 bits per heavy atom. The molecule has 0 saturated heterocycles. The number of nitrogens with one attached hydrogen (secondary N) is 1. The number of allylic oxidation sites excluding steroid dienone is 2. The van der Waals surface area contributed by atoms with Crippen LogP contribution in [-0.4, -0.2) is 20.4 Å². The summed E-state index contributed by atoms with van der Waals surface area (Å²) in [5.74, 6) is -0.660. The van der Waals surface area contributed by atoms with E-state index in [2.05, 4.69) is 21.9 Å². The Bertz CT molecular complexity index is 1080. The van der Waals surface area contributed by atoms with Crippen LogP contribution in [0, 0.1) is 13.8 Å². The minimum absolute atomic E-state index is 0.259. The number of hydrogen-bond donors (Lipinski definition) is 1. The third-order valence-electron chi connectivity index (χ3n) is 4.32. The molecule has 1 amide bonds. The molecule has 0 radical (unpaired) electrons. The summed E-state index contributed by atoms with van der Waals surface area (Å²) in [5.41, 5.74) is 5.10. The lowest BCUT2D eigenvalue weighted by Crippen LogP contribution is -2.13. The molecular formula is C22H21FN4O. The van der Waals surface area contributed by atoms with Gasteiger partial charge in [-0.05, 0) is 55.3 Å². The van der Waals surface area contributed by atoms with Gasteiger partial charge in [-0.1, -0.05) is 18.7 Å². The lowest BCUT2D eigenvalue weighted by molar-refractivity contribution is 0.102. The number of pyridine rings is 1. The van der Waals surface area contributed by atoms with Crippen LogP contribution in [0.15, 0.2) is 61.3 Å². The topological polar surface area (TPSA) is 59.8 Å². The summed E-state index contributed by atoms with van der Waals surface area (Å²) in [4.78, 5) is 20.9. The third-order valence-corrected chi connectivity index (χ3v) is 4.32. The van der Waals surface area contributed by atoms with Crippen LogP contribution >= 0.6 is 0 Å². The molecule has 0 aliphatic carbocycles. The second-order valence-corrected chi connectivity index (χ2v) is 6.51. The van der Waals surface area contributed by atoms with Gasteiger partial charge in [-0.15, -0.1) is 0 Å². The second-order valence-electron chi connectivity index (χ2n) is 6.51. The largest absolute Gasteiger partial charge is 0.340 e. The average molecular weight is 376 g/mol. The van der Waals surface area contributed by atoms with Crippen molar-refractivity contribution in [2.45, 2.75) is 13.8 Å². The van der Waals surface area contributed by atoms with Gasteiger partial charge in [-0.25, -0.2) is 9.37 Å². The van der Waals surface area contributed by atoms with Gasteiger partial charge < -0.3 is 9.88 Å². The molecule has 28 heavy (non-hydrogen) atoms. The number of aryl methyl sites for hydroxylation is 3. The molecule has 6 heteroatoms. The third kappa shape index (κ3) is 4.23. The number of imidazole rings is 1. The van der Waals surface area contributed by atoms with E-state index in [4.69, 9.17) is 0 Å². The first-order valence-corrected chi connectivity index (χ1v) is 8.75. The fourth-order valence-corrected chi connectivity index (χ4v) is 2.77.